The van der Waals surface area contributed by atoms with Gasteiger partial charge in [0.15, 0.2) is 5.79 Å². The van der Waals surface area contributed by atoms with Crippen LogP contribution in [0.3, 0.4) is 0 Å². The lowest BCUT2D eigenvalue weighted by molar-refractivity contribution is -0.187. The molecule has 2 aliphatic heterocycles. The third-order valence-electron chi connectivity index (χ3n) is 5.21. The van der Waals surface area contributed by atoms with Gasteiger partial charge in [0.05, 0.1) is 19.6 Å². The Balaban J connectivity index is 1.36. The maximum absolute atomic E-state index is 12.5. The van der Waals surface area contributed by atoms with Crippen molar-refractivity contribution in [1.29, 1.82) is 0 Å². The molecule has 22 heavy (non-hydrogen) atoms. The molecule has 1 aliphatic carbocycles. The fraction of sp³-hybridized carbons (Fsp3) is 0.611. The Morgan fingerprint density at radius 3 is 2.59 bits per heavy atom. The summed E-state index contributed by atoms with van der Waals surface area (Å²) in [4.78, 5) is 14.5. The molecule has 3 aliphatic rings. The van der Waals surface area contributed by atoms with E-state index in [1.165, 1.54) is 24.0 Å². The number of fused-ring (bicyclic) bond motifs is 1. The van der Waals surface area contributed by atoms with E-state index in [2.05, 4.69) is 18.2 Å². The second-order valence-electron chi connectivity index (χ2n) is 6.62. The summed E-state index contributed by atoms with van der Waals surface area (Å²) in [5.41, 5.74) is 4.06. The number of rotatable bonds is 2. The number of carbonyl (C=O) groups is 1. The normalized spacial score (nSPS) is 23.0. The molecular formula is C18H23NO3. The molecule has 4 nitrogen and oxygen atoms in total. The van der Waals surface area contributed by atoms with E-state index in [0.29, 0.717) is 19.6 Å². The highest BCUT2D eigenvalue weighted by atomic mass is 16.7. The summed E-state index contributed by atoms with van der Waals surface area (Å²) in [5, 5.41) is 0. The fourth-order valence-corrected chi connectivity index (χ4v) is 3.90. The van der Waals surface area contributed by atoms with Crippen LogP contribution in [0.25, 0.3) is 0 Å². The van der Waals surface area contributed by atoms with Crippen LogP contribution in [0.4, 0.5) is 0 Å². The Morgan fingerprint density at radius 1 is 1.09 bits per heavy atom. The lowest BCUT2D eigenvalue weighted by Crippen LogP contribution is -2.47. The summed E-state index contributed by atoms with van der Waals surface area (Å²) in [5.74, 6) is -0.171. The van der Waals surface area contributed by atoms with Crippen molar-refractivity contribution < 1.29 is 14.3 Å². The minimum Gasteiger partial charge on any atom is -0.347 e. The Labute approximate surface area is 131 Å². The quantitative estimate of drug-likeness (QED) is 0.839. The van der Waals surface area contributed by atoms with Crippen molar-refractivity contribution in [3.63, 3.8) is 0 Å². The van der Waals surface area contributed by atoms with E-state index in [1.807, 2.05) is 4.90 Å². The second kappa shape index (κ2) is 5.67. The van der Waals surface area contributed by atoms with E-state index >= 15 is 0 Å². The third-order valence-corrected chi connectivity index (χ3v) is 5.21. The van der Waals surface area contributed by atoms with Gasteiger partial charge in [0.2, 0.25) is 5.91 Å². The molecule has 1 amide bonds. The number of carbonyl (C=O) groups excluding carboxylic acids is 1. The van der Waals surface area contributed by atoms with Gasteiger partial charge in [-0.15, -0.1) is 0 Å². The van der Waals surface area contributed by atoms with E-state index in [9.17, 15) is 4.79 Å². The van der Waals surface area contributed by atoms with Crippen molar-refractivity contribution in [3.05, 3.63) is 34.9 Å². The van der Waals surface area contributed by atoms with Crippen LogP contribution in [0, 0.1) is 0 Å². The van der Waals surface area contributed by atoms with Crippen LogP contribution in [0.1, 0.15) is 36.0 Å². The average Bonchev–Trinajstić information content (AvgIpc) is 3.17. The number of ether oxygens (including phenoxy) is 2. The Morgan fingerprint density at radius 2 is 1.82 bits per heavy atom. The highest BCUT2D eigenvalue weighted by Gasteiger charge is 2.40. The minimum absolute atomic E-state index is 0.228. The Hall–Kier alpha value is -1.39. The van der Waals surface area contributed by atoms with Gasteiger partial charge < -0.3 is 14.4 Å². The van der Waals surface area contributed by atoms with Gasteiger partial charge in [0.25, 0.3) is 0 Å². The van der Waals surface area contributed by atoms with E-state index in [4.69, 9.17) is 9.47 Å². The monoisotopic (exact) mass is 301 g/mol. The zero-order chi connectivity index (χ0) is 15.0. The van der Waals surface area contributed by atoms with Gasteiger partial charge in [-0.05, 0) is 36.0 Å². The molecule has 0 unspecified atom stereocenters. The van der Waals surface area contributed by atoms with Crippen molar-refractivity contribution >= 4 is 5.91 Å². The maximum Gasteiger partial charge on any atom is 0.226 e. The number of piperidine rings is 1. The highest BCUT2D eigenvalue weighted by Crippen LogP contribution is 2.31. The molecule has 2 fully saturated rings. The van der Waals surface area contributed by atoms with Crippen LogP contribution in [0.5, 0.6) is 0 Å². The largest absolute Gasteiger partial charge is 0.347 e. The van der Waals surface area contributed by atoms with Gasteiger partial charge >= 0.3 is 0 Å². The summed E-state index contributed by atoms with van der Waals surface area (Å²) in [6, 6.07) is 6.56. The molecule has 118 valence electrons. The van der Waals surface area contributed by atoms with Crippen LogP contribution in [0.15, 0.2) is 18.2 Å². The lowest BCUT2D eigenvalue weighted by atomic mass is 10.0. The zero-order valence-electron chi connectivity index (χ0n) is 13.0. The third kappa shape index (κ3) is 2.66. The molecular weight excluding hydrogens is 278 g/mol. The smallest absolute Gasteiger partial charge is 0.226 e. The topological polar surface area (TPSA) is 38.8 Å². The molecule has 0 atom stereocenters. The van der Waals surface area contributed by atoms with Crippen molar-refractivity contribution in [2.24, 2.45) is 0 Å². The van der Waals surface area contributed by atoms with Crippen LogP contribution in [-0.2, 0) is 33.5 Å². The fourth-order valence-electron chi connectivity index (χ4n) is 3.90. The molecule has 0 saturated carbocycles. The summed E-state index contributed by atoms with van der Waals surface area (Å²) in [6.45, 7) is 2.85. The van der Waals surface area contributed by atoms with E-state index in [1.54, 1.807) is 0 Å². The molecule has 2 heterocycles. The summed E-state index contributed by atoms with van der Waals surface area (Å²) in [7, 11) is 0. The molecule has 0 N–H and O–H groups in total. The van der Waals surface area contributed by atoms with Gasteiger partial charge in [-0.1, -0.05) is 18.2 Å². The van der Waals surface area contributed by atoms with Gasteiger partial charge in [-0.25, -0.2) is 0 Å². The molecule has 2 saturated heterocycles. The van der Waals surface area contributed by atoms with Crippen molar-refractivity contribution in [1.82, 2.24) is 4.90 Å². The van der Waals surface area contributed by atoms with Crippen LogP contribution in [0.2, 0.25) is 0 Å². The van der Waals surface area contributed by atoms with Crippen molar-refractivity contribution in [2.75, 3.05) is 26.3 Å². The number of hydrogen-bond acceptors (Lipinski definition) is 3. The first-order valence-electron chi connectivity index (χ1n) is 8.41. The van der Waals surface area contributed by atoms with Crippen LogP contribution in [-0.4, -0.2) is 42.9 Å². The first-order chi connectivity index (χ1) is 10.7. The molecule has 0 aromatic heterocycles. The number of likely N-dealkylation sites (tertiary alicyclic amines) is 1. The Bertz CT molecular complexity index is 568. The highest BCUT2D eigenvalue weighted by molar-refractivity contribution is 5.79. The predicted octanol–water partition coefficient (Wildman–Crippen LogP) is 2.08. The molecule has 4 heteroatoms. The van der Waals surface area contributed by atoms with E-state index in [0.717, 1.165) is 37.9 Å². The zero-order valence-corrected chi connectivity index (χ0v) is 13.0. The standard InChI is InChI=1S/C18H23NO3/c20-17(13-14-4-5-15-2-1-3-16(15)12-14)19-8-6-18(7-9-19)21-10-11-22-18/h4-5,12H,1-3,6-11,13H2. The number of amides is 1. The van der Waals surface area contributed by atoms with Gasteiger partial charge in [-0.3, -0.25) is 4.79 Å². The molecule has 1 spiro atoms. The number of hydrogen-bond donors (Lipinski definition) is 0. The summed E-state index contributed by atoms with van der Waals surface area (Å²) >= 11 is 0. The van der Waals surface area contributed by atoms with Crippen LogP contribution >= 0.6 is 0 Å². The average molecular weight is 301 g/mol. The molecule has 1 aromatic rings. The summed E-state index contributed by atoms with van der Waals surface area (Å²) in [6.07, 6.45) is 5.71. The van der Waals surface area contributed by atoms with Gasteiger partial charge in [0, 0.05) is 25.9 Å². The second-order valence-corrected chi connectivity index (χ2v) is 6.62. The molecule has 1 aromatic carbocycles. The number of nitrogens with zero attached hydrogens (tertiary/aromatic N) is 1. The maximum atomic E-state index is 12.5. The predicted molar refractivity (Wildman–Crippen MR) is 82.6 cm³/mol. The molecule has 0 radical (unpaired) electrons. The van der Waals surface area contributed by atoms with E-state index < -0.39 is 5.79 Å². The molecule has 0 bridgehead atoms. The first kappa shape index (κ1) is 14.2. The van der Waals surface area contributed by atoms with Gasteiger partial charge in [0.1, 0.15) is 0 Å². The first-order valence-corrected chi connectivity index (χ1v) is 8.41. The lowest BCUT2D eigenvalue weighted by Gasteiger charge is -2.37. The van der Waals surface area contributed by atoms with Crippen molar-refractivity contribution in [2.45, 2.75) is 44.3 Å². The molecule has 4 rings (SSSR count). The SMILES string of the molecule is O=C(Cc1ccc2c(c1)CCC2)N1CCC2(CC1)OCCO2. The minimum atomic E-state index is -0.398. The summed E-state index contributed by atoms with van der Waals surface area (Å²) < 4.78 is 11.4. The van der Waals surface area contributed by atoms with Crippen molar-refractivity contribution in [3.8, 4) is 0 Å². The van der Waals surface area contributed by atoms with Crippen LogP contribution < -0.4 is 0 Å². The Kier molecular flexibility index (Phi) is 3.66. The number of benzene rings is 1. The van der Waals surface area contributed by atoms with E-state index in [-0.39, 0.29) is 5.91 Å². The number of aryl methyl sites for hydroxylation is 2. The van der Waals surface area contributed by atoms with Gasteiger partial charge in [-0.2, -0.15) is 0 Å².